The number of benzene rings is 1. The molecule has 1 atom stereocenters. The highest BCUT2D eigenvalue weighted by Gasteiger charge is 2.09. The second kappa shape index (κ2) is 8.08. The third kappa shape index (κ3) is 4.36. The van der Waals surface area contributed by atoms with Gasteiger partial charge in [-0.15, -0.1) is 11.3 Å². The van der Waals surface area contributed by atoms with E-state index in [0.29, 0.717) is 6.04 Å². The van der Waals surface area contributed by atoms with Gasteiger partial charge in [-0.3, -0.25) is 0 Å². The fourth-order valence-corrected chi connectivity index (χ4v) is 2.99. The maximum absolute atomic E-state index is 5.60. The number of hydrogen-bond acceptors (Lipinski definition) is 3. The second-order valence-electron chi connectivity index (χ2n) is 4.85. The lowest BCUT2D eigenvalue weighted by Crippen LogP contribution is -2.19. The van der Waals surface area contributed by atoms with Crippen molar-refractivity contribution >= 4 is 11.3 Å². The molecular weight excluding hydrogens is 266 g/mol. The zero-order valence-corrected chi connectivity index (χ0v) is 13.1. The molecule has 2 rings (SSSR count). The molecule has 0 radical (unpaired) electrons. The highest BCUT2D eigenvalue weighted by Crippen LogP contribution is 2.22. The summed E-state index contributed by atoms with van der Waals surface area (Å²) >= 11 is 1.82. The topological polar surface area (TPSA) is 21.3 Å². The van der Waals surface area contributed by atoms with Crippen molar-refractivity contribution in [3.05, 3.63) is 52.2 Å². The quantitative estimate of drug-likeness (QED) is 0.755. The van der Waals surface area contributed by atoms with Gasteiger partial charge in [0.1, 0.15) is 5.75 Å². The van der Waals surface area contributed by atoms with Gasteiger partial charge in [0.2, 0.25) is 0 Å². The first-order chi connectivity index (χ1) is 9.83. The molecule has 0 aliphatic carbocycles. The molecule has 0 aliphatic heterocycles. The van der Waals surface area contributed by atoms with Gasteiger partial charge in [-0.05, 0) is 42.0 Å². The Hall–Kier alpha value is -1.32. The van der Waals surface area contributed by atoms with Gasteiger partial charge in [-0.25, -0.2) is 0 Å². The van der Waals surface area contributed by atoms with Gasteiger partial charge in [0.15, 0.2) is 0 Å². The lowest BCUT2D eigenvalue weighted by atomic mass is 10.1. The Morgan fingerprint density at radius 1 is 1.15 bits per heavy atom. The predicted molar refractivity (Wildman–Crippen MR) is 86.4 cm³/mol. The molecule has 1 unspecified atom stereocenters. The summed E-state index contributed by atoms with van der Waals surface area (Å²) in [6.45, 7) is 6.02. The highest BCUT2D eigenvalue weighted by atomic mass is 32.1. The van der Waals surface area contributed by atoms with Gasteiger partial charge in [0.25, 0.3) is 0 Å². The van der Waals surface area contributed by atoms with Crippen LogP contribution in [0.5, 0.6) is 5.75 Å². The summed E-state index contributed by atoms with van der Waals surface area (Å²) < 4.78 is 5.60. The lowest BCUT2D eigenvalue weighted by Gasteiger charge is -2.15. The Kier molecular flexibility index (Phi) is 6.09. The minimum Gasteiger partial charge on any atom is -0.494 e. The first-order valence-corrected chi connectivity index (χ1v) is 8.20. The normalized spacial score (nSPS) is 12.3. The molecule has 0 saturated heterocycles. The fourth-order valence-electron chi connectivity index (χ4n) is 2.10. The average Bonchev–Trinajstić information content (AvgIpc) is 3.01. The Morgan fingerprint density at radius 2 is 1.95 bits per heavy atom. The van der Waals surface area contributed by atoms with Crippen molar-refractivity contribution in [3.8, 4) is 5.75 Å². The van der Waals surface area contributed by atoms with E-state index < -0.39 is 0 Å². The van der Waals surface area contributed by atoms with Crippen LogP contribution in [0.4, 0.5) is 0 Å². The van der Waals surface area contributed by atoms with Crippen LogP contribution in [-0.4, -0.2) is 6.61 Å². The summed E-state index contributed by atoms with van der Waals surface area (Å²) in [5, 5.41) is 5.76. The molecule has 20 heavy (non-hydrogen) atoms. The Balaban J connectivity index is 1.86. The molecule has 1 N–H and O–H groups in total. The summed E-state index contributed by atoms with van der Waals surface area (Å²) in [6.07, 6.45) is 2.15. The van der Waals surface area contributed by atoms with Crippen LogP contribution >= 0.6 is 11.3 Å². The van der Waals surface area contributed by atoms with Gasteiger partial charge in [0, 0.05) is 17.5 Å². The van der Waals surface area contributed by atoms with E-state index >= 15 is 0 Å². The lowest BCUT2D eigenvalue weighted by molar-refractivity contribution is 0.317. The molecule has 0 aliphatic rings. The molecule has 0 spiro atoms. The fraction of sp³-hybridized carbons (Fsp3) is 0.412. The van der Waals surface area contributed by atoms with Gasteiger partial charge >= 0.3 is 0 Å². The molecule has 3 heteroatoms. The van der Waals surface area contributed by atoms with Gasteiger partial charge in [-0.1, -0.05) is 32.0 Å². The van der Waals surface area contributed by atoms with E-state index in [4.69, 9.17) is 4.74 Å². The summed E-state index contributed by atoms with van der Waals surface area (Å²) in [6, 6.07) is 13.2. The van der Waals surface area contributed by atoms with Gasteiger partial charge in [-0.2, -0.15) is 0 Å². The molecule has 108 valence electrons. The predicted octanol–water partition coefficient (Wildman–Crippen LogP) is 4.78. The van der Waals surface area contributed by atoms with Crippen molar-refractivity contribution in [3.63, 3.8) is 0 Å². The van der Waals surface area contributed by atoms with E-state index in [2.05, 4.69) is 60.9 Å². The monoisotopic (exact) mass is 289 g/mol. The standard InChI is InChI=1S/C17H23NOS/c1-3-11-19-15-9-7-14(8-10-15)13-18-16(4-2)17-6-5-12-20-17/h5-10,12,16,18H,3-4,11,13H2,1-2H3. The molecular formula is C17H23NOS. The minimum atomic E-state index is 0.450. The first-order valence-electron chi connectivity index (χ1n) is 7.32. The number of nitrogens with one attached hydrogen (secondary N) is 1. The molecule has 1 aromatic carbocycles. The van der Waals surface area contributed by atoms with Crippen LogP contribution in [0.25, 0.3) is 0 Å². The third-order valence-corrected chi connectivity index (χ3v) is 4.23. The van der Waals surface area contributed by atoms with Crippen molar-refractivity contribution in [2.75, 3.05) is 6.61 Å². The minimum absolute atomic E-state index is 0.450. The van der Waals surface area contributed by atoms with Gasteiger partial charge < -0.3 is 10.1 Å². The van der Waals surface area contributed by atoms with Crippen LogP contribution < -0.4 is 10.1 Å². The summed E-state index contributed by atoms with van der Waals surface area (Å²) in [7, 11) is 0. The van der Waals surface area contributed by atoms with E-state index in [1.807, 2.05) is 11.3 Å². The second-order valence-corrected chi connectivity index (χ2v) is 5.83. The molecule has 1 heterocycles. The Labute approximate surface area is 125 Å². The molecule has 0 fully saturated rings. The van der Waals surface area contributed by atoms with Crippen LogP contribution in [0.1, 0.15) is 43.2 Å². The number of hydrogen-bond donors (Lipinski definition) is 1. The van der Waals surface area contributed by atoms with Crippen molar-refractivity contribution in [2.45, 2.75) is 39.3 Å². The van der Waals surface area contributed by atoms with Crippen molar-refractivity contribution in [1.82, 2.24) is 5.32 Å². The van der Waals surface area contributed by atoms with Crippen molar-refractivity contribution < 1.29 is 4.74 Å². The smallest absolute Gasteiger partial charge is 0.119 e. The summed E-state index contributed by atoms with van der Waals surface area (Å²) in [5.41, 5.74) is 1.30. The molecule has 0 bridgehead atoms. The zero-order chi connectivity index (χ0) is 14.2. The van der Waals surface area contributed by atoms with E-state index in [-0.39, 0.29) is 0 Å². The molecule has 0 amide bonds. The SMILES string of the molecule is CCCOc1ccc(CNC(CC)c2cccs2)cc1. The maximum atomic E-state index is 5.60. The van der Waals surface area contributed by atoms with Crippen LogP contribution in [0.2, 0.25) is 0 Å². The van der Waals surface area contributed by atoms with Crippen LogP contribution in [0.3, 0.4) is 0 Å². The third-order valence-electron chi connectivity index (χ3n) is 3.24. The highest BCUT2D eigenvalue weighted by molar-refractivity contribution is 7.10. The van der Waals surface area contributed by atoms with E-state index in [9.17, 15) is 0 Å². The molecule has 2 aromatic rings. The van der Waals surface area contributed by atoms with Crippen LogP contribution in [0.15, 0.2) is 41.8 Å². The largest absolute Gasteiger partial charge is 0.494 e. The summed E-state index contributed by atoms with van der Waals surface area (Å²) in [5.74, 6) is 0.959. The maximum Gasteiger partial charge on any atom is 0.119 e. The molecule has 1 aromatic heterocycles. The van der Waals surface area contributed by atoms with E-state index in [0.717, 1.165) is 31.7 Å². The van der Waals surface area contributed by atoms with Crippen LogP contribution in [-0.2, 0) is 6.54 Å². The zero-order valence-electron chi connectivity index (χ0n) is 12.3. The van der Waals surface area contributed by atoms with Crippen LogP contribution in [0, 0.1) is 0 Å². The number of rotatable bonds is 8. The number of thiophene rings is 1. The summed E-state index contributed by atoms with van der Waals surface area (Å²) in [4.78, 5) is 1.41. The molecule has 2 nitrogen and oxygen atoms in total. The van der Waals surface area contributed by atoms with E-state index in [1.165, 1.54) is 10.4 Å². The number of ether oxygens (including phenoxy) is 1. The average molecular weight is 289 g/mol. The van der Waals surface area contributed by atoms with E-state index in [1.54, 1.807) is 0 Å². The van der Waals surface area contributed by atoms with Crippen molar-refractivity contribution in [1.29, 1.82) is 0 Å². The Bertz CT molecular complexity index is 478. The first kappa shape index (κ1) is 15.1. The molecule has 0 saturated carbocycles. The van der Waals surface area contributed by atoms with Gasteiger partial charge in [0.05, 0.1) is 6.61 Å². The van der Waals surface area contributed by atoms with Crippen molar-refractivity contribution in [2.24, 2.45) is 0 Å². The Morgan fingerprint density at radius 3 is 2.55 bits per heavy atom.